The number of hydrogen-bond acceptors (Lipinski definition) is 3. The fourth-order valence-corrected chi connectivity index (χ4v) is 2.67. The average molecular weight is 282 g/mol. The van der Waals surface area contributed by atoms with Crippen molar-refractivity contribution in [2.45, 2.75) is 66.3 Å². The van der Waals surface area contributed by atoms with Gasteiger partial charge in [0.25, 0.3) is 0 Å². The molecule has 0 aromatic heterocycles. The van der Waals surface area contributed by atoms with Crippen LogP contribution in [0.3, 0.4) is 0 Å². The van der Waals surface area contributed by atoms with Crippen molar-refractivity contribution in [3.8, 4) is 0 Å². The van der Waals surface area contributed by atoms with Crippen LogP contribution in [-0.2, 0) is 9.59 Å². The van der Waals surface area contributed by atoms with Gasteiger partial charge in [0.1, 0.15) is 5.41 Å². The lowest BCUT2D eigenvalue weighted by atomic mass is 9.78. The Morgan fingerprint density at radius 2 is 1.60 bits per heavy atom. The zero-order chi connectivity index (χ0) is 15.5. The molecule has 0 saturated carbocycles. The molecule has 1 aliphatic heterocycles. The Kier molecular flexibility index (Phi) is 5.31. The molecular formula is C15H26N2O3. The number of hydrogen-bond donors (Lipinski definition) is 1. The van der Waals surface area contributed by atoms with Crippen LogP contribution in [0.5, 0.6) is 0 Å². The second-order valence-electron chi connectivity index (χ2n) is 6.04. The number of carbonyl (C=O) groups excluding carboxylic acids is 3. The van der Waals surface area contributed by atoms with Crippen molar-refractivity contribution in [3.05, 3.63) is 0 Å². The van der Waals surface area contributed by atoms with Crippen LogP contribution >= 0.6 is 0 Å². The van der Waals surface area contributed by atoms with Gasteiger partial charge in [0, 0.05) is 6.04 Å². The number of imide groups is 2. The molecular weight excluding hydrogens is 256 g/mol. The number of carbonyl (C=O) groups is 3. The minimum Gasteiger partial charge on any atom is -0.277 e. The monoisotopic (exact) mass is 282 g/mol. The molecule has 114 valence electrons. The van der Waals surface area contributed by atoms with E-state index in [1.54, 1.807) is 0 Å². The Balaban J connectivity index is 2.98. The third-order valence-electron chi connectivity index (χ3n) is 4.31. The summed E-state index contributed by atoms with van der Waals surface area (Å²) in [5, 5.41) is 2.35. The molecule has 5 heteroatoms. The van der Waals surface area contributed by atoms with E-state index in [1.807, 2.05) is 20.8 Å². The standard InChI is InChI=1S/C15H26N2O3/c1-6-15(7-2)12(18)16-14(20)17(13(15)19)11(5)9-8-10(3)4/h10-11H,6-9H2,1-5H3,(H,16,18,20). The first-order chi connectivity index (χ1) is 9.30. The molecule has 0 spiro atoms. The molecule has 4 amide bonds. The van der Waals surface area contributed by atoms with Crippen molar-refractivity contribution in [1.29, 1.82) is 0 Å². The highest BCUT2D eigenvalue weighted by molar-refractivity contribution is 6.19. The minimum atomic E-state index is -1.08. The highest BCUT2D eigenvalue weighted by Crippen LogP contribution is 2.33. The van der Waals surface area contributed by atoms with Gasteiger partial charge in [-0.15, -0.1) is 0 Å². The van der Waals surface area contributed by atoms with Gasteiger partial charge in [-0.3, -0.25) is 19.8 Å². The van der Waals surface area contributed by atoms with Crippen LogP contribution in [0, 0.1) is 11.3 Å². The number of nitrogens with one attached hydrogen (secondary N) is 1. The summed E-state index contributed by atoms with van der Waals surface area (Å²) in [5.41, 5.74) is -1.08. The molecule has 0 aromatic carbocycles. The Morgan fingerprint density at radius 1 is 1.05 bits per heavy atom. The lowest BCUT2D eigenvalue weighted by Crippen LogP contribution is -2.65. The van der Waals surface area contributed by atoms with Crippen molar-refractivity contribution in [1.82, 2.24) is 10.2 Å². The van der Waals surface area contributed by atoms with Crippen LogP contribution in [0.15, 0.2) is 0 Å². The third kappa shape index (κ3) is 2.86. The van der Waals surface area contributed by atoms with E-state index >= 15 is 0 Å². The predicted molar refractivity (Wildman–Crippen MR) is 76.9 cm³/mol. The molecule has 0 aromatic rings. The third-order valence-corrected chi connectivity index (χ3v) is 4.31. The Hall–Kier alpha value is -1.39. The zero-order valence-electron chi connectivity index (χ0n) is 13.2. The van der Waals surface area contributed by atoms with E-state index in [-0.39, 0.29) is 11.9 Å². The normalized spacial score (nSPS) is 20.3. The summed E-state index contributed by atoms with van der Waals surface area (Å²) in [6, 6.07) is -0.760. The second-order valence-corrected chi connectivity index (χ2v) is 6.04. The summed E-state index contributed by atoms with van der Waals surface area (Å²) >= 11 is 0. The van der Waals surface area contributed by atoms with E-state index in [1.165, 1.54) is 4.90 Å². The zero-order valence-corrected chi connectivity index (χ0v) is 13.2. The first-order valence-electron chi connectivity index (χ1n) is 7.49. The van der Waals surface area contributed by atoms with Crippen molar-refractivity contribution >= 4 is 17.8 Å². The van der Waals surface area contributed by atoms with E-state index < -0.39 is 17.4 Å². The molecule has 0 bridgehead atoms. The lowest BCUT2D eigenvalue weighted by Gasteiger charge is -2.41. The molecule has 1 aliphatic rings. The van der Waals surface area contributed by atoms with Gasteiger partial charge in [0.2, 0.25) is 11.8 Å². The van der Waals surface area contributed by atoms with Gasteiger partial charge in [0.05, 0.1) is 0 Å². The molecule has 1 fully saturated rings. The first-order valence-corrected chi connectivity index (χ1v) is 7.49. The van der Waals surface area contributed by atoms with Gasteiger partial charge in [0.15, 0.2) is 0 Å². The first kappa shape index (κ1) is 16.7. The smallest absolute Gasteiger partial charge is 0.277 e. The van der Waals surface area contributed by atoms with Crippen LogP contribution in [0.2, 0.25) is 0 Å². The molecule has 0 radical (unpaired) electrons. The molecule has 1 N–H and O–H groups in total. The highest BCUT2D eigenvalue weighted by Gasteiger charge is 2.52. The molecule has 1 rings (SSSR count). The number of rotatable bonds is 6. The summed E-state index contributed by atoms with van der Waals surface area (Å²) in [4.78, 5) is 38.0. The molecule has 1 heterocycles. The quantitative estimate of drug-likeness (QED) is 0.762. The van der Waals surface area contributed by atoms with Crippen molar-refractivity contribution in [2.24, 2.45) is 11.3 Å². The van der Waals surface area contributed by atoms with Crippen molar-refractivity contribution in [3.63, 3.8) is 0 Å². The number of barbiturate groups is 1. The van der Waals surface area contributed by atoms with Crippen LogP contribution in [0.1, 0.15) is 60.3 Å². The highest BCUT2D eigenvalue weighted by atomic mass is 16.2. The van der Waals surface area contributed by atoms with Crippen LogP contribution in [0.25, 0.3) is 0 Å². The predicted octanol–water partition coefficient (Wildman–Crippen LogP) is 2.70. The fourth-order valence-electron chi connectivity index (χ4n) is 2.67. The van der Waals surface area contributed by atoms with E-state index in [0.29, 0.717) is 18.8 Å². The Labute approximate surface area is 121 Å². The van der Waals surface area contributed by atoms with Crippen LogP contribution < -0.4 is 5.32 Å². The molecule has 1 saturated heterocycles. The lowest BCUT2D eigenvalue weighted by molar-refractivity contribution is -0.153. The number of amides is 4. The molecule has 1 atom stereocenters. The fraction of sp³-hybridized carbons (Fsp3) is 0.800. The molecule has 1 unspecified atom stereocenters. The summed E-state index contributed by atoms with van der Waals surface area (Å²) in [5.74, 6) is -0.276. The van der Waals surface area contributed by atoms with E-state index in [9.17, 15) is 14.4 Å². The van der Waals surface area contributed by atoms with Gasteiger partial charge in [-0.05, 0) is 38.5 Å². The average Bonchev–Trinajstić information content (AvgIpc) is 2.37. The topological polar surface area (TPSA) is 66.5 Å². The van der Waals surface area contributed by atoms with Gasteiger partial charge >= 0.3 is 6.03 Å². The van der Waals surface area contributed by atoms with Crippen molar-refractivity contribution < 1.29 is 14.4 Å². The summed E-state index contributed by atoms with van der Waals surface area (Å²) in [6.07, 6.45) is 2.52. The SMILES string of the molecule is CCC1(CC)C(=O)NC(=O)N(C(C)CCC(C)C)C1=O. The summed E-state index contributed by atoms with van der Waals surface area (Å²) in [6.45, 7) is 9.71. The van der Waals surface area contributed by atoms with Crippen molar-refractivity contribution in [2.75, 3.05) is 0 Å². The van der Waals surface area contributed by atoms with E-state index in [0.717, 1.165) is 12.8 Å². The number of urea groups is 1. The molecule has 20 heavy (non-hydrogen) atoms. The maximum Gasteiger partial charge on any atom is 0.331 e. The van der Waals surface area contributed by atoms with Crippen LogP contribution in [-0.4, -0.2) is 28.8 Å². The minimum absolute atomic E-state index is 0.185. The molecule has 0 aliphatic carbocycles. The maximum absolute atomic E-state index is 12.7. The van der Waals surface area contributed by atoms with E-state index in [2.05, 4.69) is 19.2 Å². The van der Waals surface area contributed by atoms with E-state index in [4.69, 9.17) is 0 Å². The summed E-state index contributed by atoms with van der Waals surface area (Å²) in [7, 11) is 0. The summed E-state index contributed by atoms with van der Waals surface area (Å²) < 4.78 is 0. The molecule has 5 nitrogen and oxygen atoms in total. The van der Waals surface area contributed by atoms with Gasteiger partial charge in [-0.2, -0.15) is 0 Å². The van der Waals surface area contributed by atoms with Gasteiger partial charge < -0.3 is 0 Å². The van der Waals surface area contributed by atoms with Gasteiger partial charge in [-0.1, -0.05) is 27.7 Å². The maximum atomic E-state index is 12.7. The van der Waals surface area contributed by atoms with Crippen LogP contribution in [0.4, 0.5) is 4.79 Å². The Morgan fingerprint density at radius 3 is 2.05 bits per heavy atom. The number of nitrogens with zero attached hydrogens (tertiary/aromatic N) is 1. The Bertz CT molecular complexity index is 400. The van der Waals surface area contributed by atoms with Gasteiger partial charge in [-0.25, -0.2) is 4.79 Å². The largest absolute Gasteiger partial charge is 0.331 e. The second kappa shape index (κ2) is 6.37.